The molecular formula is C20H36N2O5. The van der Waals surface area contributed by atoms with Crippen molar-refractivity contribution in [3.05, 3.63) is 0 Å². The summed E-state index contributed by atoms with van der Waals surface area (Å²) in [6.07, 6.45) is 2.44. The summed E-state index contributed by atoms with van der Waals surface area (Å²) in [5.74, 6) is -0.434. The monoisotopic (exact) mass is 384 g/mol. The molecule has 0 spiro atoms. The molecule has 2 atom stereocenters. The zero-order chi connectivity index (χ0) is 20.7. The molecule has 0 radical (unpaired) electrons. The van der Waals surface area contributed by atoms with E-state index in [0.717, 1.165) is 6.42 Å². The number of nitrogens with one attached hydrogen (secondary N) is 1. The largest absolute Gasteiger partial charge is 0.375 e. The van der Waals surface area contributed by atoms with E-state index >= 15 is 0 Å². The first-order valence-electron chi connectivity index (χ1n) is 9.86. The van der Waals surface area contributed by atoms with E-state index in [0.29, 0.717) is 45.6 Å². The molecule has 2 unspecified atom stereocenters. The lowest BCUT2D eigenvalue weighted by molar-refractivity contribution is -0.140. The Balaban J connectivity index is 2.39. The molecule has 0 aromatic rings. The number of rotatable bonds is 12. The lowest BCUT2D eigenvalue weighted by Crippen LogP contribution is -2.39. The molecule has 0 saturated carbocycles. The topological polar surface area (TPSA) is 84.9 Å². The number of hydrogen-bond acceptors (Lipinski definition) is 5. The van der Waals surface area contributed by atoms with Crippen molar-refractivity contribution >= 4 is 17.7 Å². The first kappa shape index (κ1) is 23.6. The normalized spacial score (nSPS) is 20.1. The van der Waals surface area contributed by atoms with Gasteiger partial charge in [-0.15, -0.1) is 0 Å². The van der Waals surface area contributed by atoms with E-state index in [1.807, 2.05) is 27.7 Å². The summed E-state index contributed by atoms with van der Waals surface area (Å²) < 4.78 is 11.9. The van der Waals surface area contributed by atoms with Crippen molar-refractivity contribution in [2.45, 2.75) is 78.4 Å². The predicted octanol–water partition coefficient (Wildman–Crippen LogP) is 2.28. The quantitative estimate of drug-likeness (QED) is 0.412. The number of ether oxygens (including phenoxy) is 2. The van der Waals surface area contributed by atoms with Crippen LogP contribution in [0.5, 0.6) is 0 Å². The maximum absolute atomic E-state index is 12.1. The maximum atomic E-state index is 12.1. The van der Waals surface area contributed by atoms with Crippen molar-refractivity contribution in [2.75, 3.05) is 26.3 Å². The van der Waals surface area contributed by atoms with Crippen molar-refractivity contribution in [3.8, 4) is 0 Å². The number of amides is 3. The van der Waals surface area contributed by atoms with Gasteiger partial charge in [-0.05, 0) is 40.0 Å². The second kappa shape index (κ2) is 10.2. The van der Waals surface area contributed by atoms with Gasteiger partial charge in [-0.25, -0.2) is 0 Å². The fourth-order valence-electron chi connectivity index (χ4n) is 2.95. The zero-order valence-electron chi connectivity index (χ0n) is 17.7. The summed E-state index contributed by atoms with van der Waals surface area (Å²) in [5.41, 5.74) is -0.748. The van der Waals surface area contributed by atoms with Gasteiger partial charge in [-0.2, -0.15) is 0 Å². The molecule has 1 aliphatic rings. The van der Waals surface area contributed by atoms with Crippen molar-refractivity contribution in [1.82, 2.24) is 10.2 Å². The second-order valence-electron chi connectivity index (χ2n) is 8.23. The molecule has 7 nitrogen and oxygen atoms in total. The lowest BCUT2D eigenvalue weighted by Gasteiger charge is -2.32. The molecule has 0 aromatic heterocycles. The molecule has 1 heterocycles. The molecule has 3 amide bonds. The number of hydrogen-bond donors (Lipinski definition) is 1. The van der Waals surface area contributed by atoms with E-state index in [2.05, 4.69) is 5.32 Å². The van der Waals surface area contributed by atoms with Gasteiger partial charge in [0.2, 0.25) is 17.7 Å². The van der Waals surface area contributed by atoms with E-state index in [1.54, 1.807) is 6.92 Å². The number of nitrogens with zero attached hydrogens (tertiary/aromatic N) is 1. The third-order valence-corrected chi connectivity index (χ3v) is 5.21. The fraction of sp³-hybridized carbons (Fsp3) is 0.850. The Morgan fingerprint density at radius 3 is 2.37 bits per heavy atom. The number of carbonyl (C=O) groups is 3. The van der Waals surface area contributed by atoms with Gasteiger partial charge in [0.05, 0.1) is 24.4 Å². The van der Waals surface area contributed by atoms with Crippen LogP contribution in [0.4, 0.5) is 0 Å². The highest BCUT2D eigenvalue weighted by molar-refractivity contribution is 6.03. The van der Waals surface area contributed by atoms with Crippen LogP contribution in [0.2, 0.25) is 0 Å². The van der Waals surface area contributed by atoms with Crippen LogP contribution >= 0.6 is 0 Å². The number of likely N-dealkylation sites (tertiary alicyclic amines) is 1. The van der Waals surface area contributed by atoms with E-state index in [1.165, 1.54) is 11.8 Å². The Hall–Kier alpha value is -1.47. The maximum Gasteiger partial charge on any atom is 0.232 e. The summed E-state index contributed by atoms with van der Waals surface area (Å²) in [6, 6.07) is 0. The first-order valence-corrected chi connectivity index (χ1v) is 9.86. The Bertz CT molecular complexity index is 534. The third-order valence-electron chi connectivity index (χ3n) is 5.21. The van der Waals surface area contributed by atoms with Crippen LogP contribution < -0.4 is 5.32 Å². The highest BCUT2D eigenvalue weighted by atomic mass is 16.5. The van der Waals surface area contributed by atoms with Gasteiger partial charge >= 0.3 is 0 Å². The van der Waals surface area contributed by atoms with Gasteiger partial charge in [0.15, 0.2) is 0 Å². The SMILES string of the molecule is CCC(C)(CCN1C(=O)CC(C)C1=O)OCCC(C)(C)OCCNC(C)=O. The second-order valence-corrected chi connectivity index (χ2v) is 8.23. The van der Waals surface area contributed by atoms with Crippen LogP contribution in [0.15, 0.2) is 0 Å². The molecule has 1 fully saturated rings. The Kier molecular flexibility index (Phi) is 8.88. The Morgan fingerprint density at radius 1 is 1.19 bits per heavy atom. The van der Waals surface area contributed by atoms with E-state index in [9.17, 15) is 14.4 Å². The van der Waals surface area contributed by atoms with E-state index in [4.69, 9.17) is 9.47 Å². The molecule has 0 aliphatic carbocycles. The third kappa shape index (κ3) is 7.97. The molecular weight excluding hydrogens is 348 g/mol. The fourth-order valence-corrected chi connectivity index (χ4v) is 2.95. The molecule has 0 aromatic carbocycles. The number of imide groups is 1. The summed E-state index contributed by atoms with van der Waals surface area (Å²) in [5, 5.41) is 2.71. The van der Waals surface area contributed by atoms with E-state index in [-0.39, 0.29) is 29.2 Å². The molecule has 1 rings (SSSR count). The van der Waals surface area contributed by atoms with Crippen LogP contribution in [-0.4, -0.2) is 60.1 Å². The minimum atomic E-state index is -0.390. The highest BCUT2D eigenvalue weighted by Gasteiger charge is 2.36. The highest BCUT2D eigenvalue weighted by Crippen LogP contribution is 2.26. The van der Waals surface area contributed by atoms with Gasteiger partial charge in [0.25, 0.3) is 0 Å². The lowest BCUT2D eigenvalue weighted by atomic mass is 9.98. The van der Waals surface area contributed by atoms with Gasteiger partial charge < -0.3 is 14.8 Å². The molecule has 1 aliphatic heterocycles. The van der Waals surface area contributed by atoms with Gasteiger partial charge in [0, 0.05) is 32.4 Å². The summed E-state index contributed by atoms with van der Waals surface area (Å²) >= 11 is 0. The van der Waals surface area contributed by atoms with Crippen molar-refractivity contribution in [2.24, 2.45) is 5.92 Å². The first-order chi connectivity index (χ1) is 12.5. The van der Waals surface area contributed by atoms with Crippen molar-refractivity contribution < 1.29 is 23.9 Å². The Labute approximate surface area is 163 Å². The Morgan fingerprint density at radius 2 is 1.85 bits per heavy atom. The summed E-state index contributed by atoms with van der Waals surface area (Å²) in [4.78, 5) is 36.2. The molecule has 1 saturated heterocycles. The minimum absolute atomic E-state index is 0.0668. The molecule has 7 heteroatoms. The average Bonchev–Trinajstić information content (AvgIpc) is 2.82. The smallest absolute Gasteiger partial charge is 0.232 e. The summed E-state index contributed by atoms with van der Waals surface area (Å²) in [7, 11) is 0. The zero-order valence-corrected chi connectivity index (χ0v) is 17.7. The van der Waals surface area contributed by atoms with Crippen LogP contribution in [-0.2, 0) is 23.9 Å². The molecule has 156 valence electrons. The minimum Gasteiger partial charge on any atom is -0.375 e. The molecule has 27 heavy (non-hydrogen) atoms. The van der Waals surface area contributed by atoms with Crippen LogP contribution in [0.25, 0.3) is 0 Å². The average molecular weight is 385 g/mol. The van der Waals surface area contributed by atoms with Gasteiger partial charge in [-0.1, -0.05) is 13.8 Å². The summed E-state index contributed by atoms with van der Waals surface area (Å²) in [6.45, 7) is 13.2. The van der Waals surface area contributed by atoms with Gasteiger partial charge in [-0.3, -0.25) is 19.3 Å². The van der Waals surface area contributed by atoms with Crippen LogP contribution in [0.3, 0.4) is 0 Å². The standard InChI is InChI=1S/C20H36N2O5/c1-7-20(6,8-11-22-17(24)14-15(2)18(22)25)27-12-9-19(4,5)26-13-10-21-16(3)23/h15H,7-14H2,1-6H3,(H,21,23). The van der Waals surface area contributed by atoms with Crippen molar-refractivity contribution in [1.29, 1.82) is 0 Å². The predicted molar refractivity (Wildman–Crippen MR) is 103 cm³/mol. The van der Waals surface area contributed by atoms with Gasteiger partial charge in [0.1, 0.15) is 0 Å². The molecule has 0 bridgehead atoms. The van der Waals surface area contributed by atoms with Crippen LogP contribution in [0.1, 0.15) is 67.2 Å². The van der Waals surface area contributed by atoms with E-state index < -0.39 is 5.60 Å². The van der Waals surface area contributed by atoms with Crippen molar-refractivity contribution in [3.63, 3.8) is 0 Å². The molecule has 1 N–H and O–H groups in total. The van der Waals surface area contributed by atoms with Crippen LogP contribution in [0, 0.1) is 5.92 Å². The number of carbonyl (C=O) groups excluding carboxylic acids is 3.